The third-order valence-corrected chi connectivity index (χ3v) is 6.34. The fourth-order valence-corrected chi connectivity index (χ4v) is 5.28. The zero-order valence-electron chi connectivity index (χ0n) is 14.4. The van der Waals surface area contributed by atoms with Gasteiger partial charge in [0.15, 0.2) is 4.34 Å². The zero-order chi connectivity index (χ0) is 17.1. The normalized spacial score (nSPS) is 21.2. The number of benzene rings is 1. The summed E-state index contributed by atoms with van der Waals surface area (Å²) in [5.74, 6) is 2.77. The highest BCUT2D eigenvalue weighted by molar-refractivity contribution is 8.01. The molecule has 0 bridgehead atoms. The largest absolute Gasteiger partial charge is 0.494 e. The van der Waals surface area contributed by atoms with E-state index >= 15 is 0 Å². The molecule has 0 N–H and O–H groups in total. The predicted molar refractivity (Wildman–Crippen MR) is 101 cm³/mol. The van der Waals surface area contributed by atoms with Crippen LogP contribution in [0.4, 0.5) is 0 Å². The maximum absolute atomic E-state index is 12.5. The number of hydrogen-bond acceptors (Lipinski definition) is 5. The van der Waals surface area contributed by atoms with Gasteiger partial charge in [0, 0.05) is 13.1 Å². The maximum atomic E-state index is 12.5. The Morgan fingerprint density at radius 1 is 1.38 bits per heavy atom. The van der Waals surface area contributed by atoms with E-state index in [4.69, 9.17) is 4.74 Å². The van der Waals surface area contributed by atoms with Gasteiger partial charge in [0.1, 0.15) is 5.75 Å². The first-order valence-corrected chi connectivity index (χ1v) is 10.3. The Morgan fingerprint density at radius 2 is 2.12 bits per heavy atom. The molecule has 1 fully saturated rings. The first-order valence-electron chi connectivity index (χ1n) is 8.49. The number of thioether (sulfide) groups is 1. The van der Waals surface area contributed by atoms with Crippen molar-refractivity contribution in [1.82, 2.24) is 9.88 Å². The van der Waals surface area contributed by atoms with Crippen LogP contribution in [-0.4, -0.2) is 41.2 Å². The SMILES string of the molecule is CCOc1ccc2nc(SCC(=O)N3CC(C)CC(C)C3)sc2c1. The predicted octanol–water partition coefficient (Wildman–Crippen LogP) is 4.29. The second kappa shape index (κ2) is 7.74. The fraction of sp³-hybridized carbons (Fsp3) is 0.556. The van der Waals surface area contributed by atoms with Crippen LogP contribution >= 0.6 is 23.1 Å². The van der Waals surface area contributed by atoms with Gasteiger partial charge in [-0.25, -0.2) is 4.98 Å². The van der Waals surface area contributed by atoms with Crippen LogP contribution in [0, 0.1) is 11.8 Å². The molecule has 4 nitrogen and oxygen atoms in total. The minimum absolute atomic E-state index is 0.229. The molecule has 0 radical (unpaired) electrons. The molecule has 1 aromatic carbocycles. The Hall–Kier alpha value is -1.27. The first-order chi connectivity index (χ1) is 11.5. The van der Waals surface area contributed by atoms with Crippen LogP contribution in [-0.2, 0) is 4.79 Å². The Bertz CT molecular complexity index is 706. The zero-order valence-corrected chi connectivity index (χ0v) is 16.1. The van der Waals surface area contributed by atoms with Crippen molar-refractivity contribution in [1.29, 1.82) is 0 Å². The van der Waals surface area contributed by atoms with Gasteiger partial charge in [-0.1, -0.05) is 25.6 Å². The quantitative estimate of drug-likeness (QED) is 0.742. The lowest BCUT2D eigenvalue weighted by Gasteiger charge is -2.34. The van der Waals surface area contributed by atoms with Crippen LogP contribution in [0.1, 0.15) is 27.2 Å². The van der Waals surface area contributed by atoms with Crippen molar-refractivity contribution in [2.75, 3.05) is 25.4 Å². The van der Waals surface area contributed by atoms with Crippen LogP contribution in [0.3, 0.4) is 0 Å². The molecule has 2 atom stereocenters. The summed E-state index contributed by atoms with van der Waals surface area (Å²) in [4.78, 5) is 19.1. The highest BCUT2D eigenvalue weighted by atomic mass is 32.2. The van der Waals surface area contributed by atoms with Crippen LogP contribution in [0.25, 0.3) is 10.2 Å². The van der Waals surface area contributed by atoms with Crippen LogP contribution < -0.4 is 4.74 Å². The van der Waals surface area contributed by atoms with Crippen molar-refractivity contribution in [3.63, 3.8) is 0 Å². The van der Waals surface area contributed by atoms with Gasteiger partial charge in [-0.3, -0.25) is 4.79 Å². The van der Waals surface area contributed by atoms with Gasteiger partial charge in [0.2, 0.25) is 5.91 Å². The summed E-state index contributed by atoms with van der Waals surface area (Å²) in [6, 6.07) is 5.95. The lowest BCUT2D eigenvalue weighted by atomic mass is 9.92. The summed E-state index contributed by atoms with van der Waals surface area (Å²) < 4.78 is 7.59. The summed E-state index contributed by atoms with van der Waals surface area (Å²) in [6.45, 7) is 8.88. The molecule has 0 aliphatic carbocycles. The van der Waals surface area contributed by atoms with E-state index in [1.807, 2.05) is 30.0 Å². The van der Waals surface area contributed by atoms with Gasteiger partial charge in [-0.2, -0.15) is 0 Å². The lowest BCUT2D eigenvalue weighted by molar-refractivity contribution is -0.130. The number of carbonyl (C=O) groups excluding carboxylic acids is 1. The lowest BCUT2D eigenvalue weighted by Crippen LogP contribution is -2.43. The smallest absolute Gasteiger partial charge is 0.233 e. The first kappa shape index (κ1) is 17.5. The molecule has 1 aromatic heterocycles. The minimum atomic E-state index is 0.229. The number of carbonyl (C=O) groups is 1. The summed E-state index contributed by atoms with van der Waals surface area (Å²) in [5.41, 5.74) is 0.971. The van der Waals surface area contributed by atoms with Gasteiger partial charge >= 0.3 is 0 Å². The molecule has 1 aliphatic heterocycles. The van der Waals surface area contributed by atoms with Crippen LogP contribution in [0.5, 0.6) is 5.75 Å². The second-order valence-corrected chi connectivity index (χ2v) is 8.83. The Morgan fingerprint density at radius 3 is 2.83 bits per heavy atom. The average molecular weight is 365 g/mol. The van der Waals surface area contributed by atoms with E-state index in [-0.39, 0.29) is 5.91 Å². The highest BCUT2D eigenvalue weighted by Crippen LogP contribution is 2.32. The number of aromatic nitrogens is 1. The van der Waals surface area contributed by atoms with E-state index < -0.39 is 0 Å². The van der Waals surface area contributed by atoms with Gasteiger partial charge < -0.3 is 9.64 Å². The number of fused-ring (bicyclic) bond motifs is 1. The van der Waals surface area contributed by atoms with E-state index in [9.17, 15) is 4.79 Å². The van der Waals surface area contributed by atoms with Crippen molar-refractivity contribution in [3.05, 3.63) is 18.2 Å². The Labute approximate surface area is 151 Å². The molecule has 1 aliphatic rings. The molecule has 130 valence electrons. The molecule has 6 heteroatoms. The monoisotopic (exact) mass is 364 g/mol. The van der Waals surface area contributed by atoms with Gasteiger partial charge in [0.25, 0.3) is 0 Å². The van der Waals surface area contributed by atoms with E-state index in [0.717, 1.165) is 33.4 Å². The minimum Gasteiger partial charge on any atom is -0.494 e. The van der Waals surface area contributed by atoms with Crippen molar-refractivity contribution in [2.24, 2.45) is 11.8 Å². The fourth-order valence-electron chi connectivity index (χ4n) is 3.28. The standard InChI is InChI=1S/C18H24N2O2S2/c1-4-22-14-5-6-15-16(8-14)24-18(19-15)23-11-17(21)20-9-12(2)7-13(3)10-20/h5-6,8,12-13H,4,7,9-11H2,1-3H3. The molecule has 2 heterocycles. The number of hydrogen-bond donors (Lipinski definition) is 0. The van der Waals surface area contributed by atoms with E-state index in [1.165, 1.54) is 6.42 Å². The van der Waals surface area contributed by atoms with Crippen molar-refractivity contribution < 1.29 is 9.53 Å². The van der Waals surface area contributed by atoms with Gasteiger partial charge in [0.05, 0.1) is 22.6 Å². The molecular formula is C18H24N2O2S2. The summed E-state index contributed by atoms with van der Waals surface area (Å²) in [6.07, 6.45) is 1.22. The second-order valence-electron chi connectivity index (χ2n) is 6.58. The number of amides is 1. The number of nitrogens with zero attached hydrogens (tertiary/aromatic N) is 2. The molecule has 0 spiro atoms. The average Bonchev–Trinajstić information content (AvgIpc) is 2.94. The summed E-state index contributed by atoms with van der Waals surface area (Å²) in [5, 5.41) is 0. The molecule has 24 heavy (non-hydrogen) atoms. The van der Waals surface area contributed by atoms with E-state index in [2.05, 4.69) is 18.8 Å². The molecule has 2 aromatic rings. The molecular weight excluding hydrogens is 340 g/mol. The number of thiazole rings is 1. The van der Waals surface area contributed by atoms with E-state index in [0.29, 0.717) is 24.2 Å². The number of piperidine rings is 1. The summed E-state index contributed by atoms with van der Waals surface area (Å²) >= 11 is 3.17. The number of likely N-dealkylation sites (tertiary alicyclic amines) is 1. The summed E-state index contributed by atoms with van der Waals surface area (Å²) in [7, 11) is 0. The highest BCUT2D eigenvalue weighted by Gasteiger charge is 2.25. The van der Waals surface area contributed by atoms with Crippen molar-refractivity contribution in [2.45, 2.75) is 31.5 Å². The number of rotatable bonds is 5. The van der Waals surface area contributed by atoms with Crippen LogP contribution in [0.15, 0.2) is 22.5 Å². The number of ether oxygens (including phenoxy) is 1. The molecule has 2 unspecified atom stereocenters. The topological polar surface area (TPSA) is 42.4 Å². The maximum Gasteiger partial charge on any atom is 0.233 e. The molecule has 1 amide bonds. The molecule has 3 rings (SSSR count). The third-order valence-electron chi connectivity index (χ3n) is 4.19. The third kappa shape index (κ3) is 4.22. The van der Waals surface area contributed by atoms with E-state index in [1.54, 1.807) is 23.1 Å². The molecule has 1 saturated heterocycles. The molecule has 0 saturated carbocycles. The van der Waals surface area contributed by atoms with Crippen molar-refractivity contribution >= 4 is 39.2 Å². The van der Waals surface area contributed by atoms with Crippen LogP contribution in [0.2, 0.25) is 0 Å². The van der Waals surface area contributed by atoms with Gasteiger partial charge in [-0.15, -0.1) is 11.3 Å². The van der Waals surface area contributed by atoms with Gasteiger partial charge in [-0.05, 0) is 43.4 Å². The Balaban J connectivity index is 1.61. The Kier molecular flexibility index (Phi) is 5.66. The van der Waals surface area contributed by atoms with Crippen molar-refractivity contribution in [3.8, 4) is 5.75 Å².